The highest BCUT2D eigenvalue weighted by atomic mass is 16.5. The molecular formula is C18H23NO2. The highest BCUT2D eigenvalue weighted by Crippen LogP contribution is 2.59. The first-order valence-corrected chi connectivity index (χ1v) is 7.66. The first kappa shape index (κ1) is 14.2. The normalized spacial score (nSPS) is 25.7. The lowest BCUT2D eigenvalue weighted by molar-refractivity contribution is -0.142. The Balaban J connectivity index is 1.52. The number of hydrogen-bond donors (Lipinski definition) is 1. The maximum absolute atomic E-state index is 11.9. The van der Waals surface area contributed by atoms with Gasteiger partial charge in [-0.3, -0.25) is 4.79 Å². The number of anilines is 1. The fraction of sp³-hybridized carbons (Fsp3) is 0.500. The minimum Gasteiger partial charge on any atom is -0.461 e. The number of rotatable bonds is 4. The van der Waals surface area contributed by atoms with Crippen LogP contribution >= 0.6 is 0 Å². The van der Waals surface area contributed by atoms with Crippen LogP contribution in [0.3, 0.4) is 0 Å². The molecule has 3 aliphatic rings. The summed E-state index contributed by atoms with van der Waals surface area (Å²) in [6.45, 7) is 5.11. The number of benzene rings is 1. The van der Waals surface area contributed by atoms with E-state index in [4.69, 9.17) is 10.5 Å². The molecule has 2 unspecified atom stereocenters. The number of allylic oxidation sites excluding steroid dienone is 1. The lowest BCUT2D eigenvalue weighted by Gasteiger charge is -2.56. The molecule has 0 saturated heterocycles. The Morgan fingerprint density at radius 3 is 2.67 bits per heavy atom. The van der Waals surface area contributed by atoms with E-state index in [1.165, 1.54) is 12.0 Å². The average Bonchev–Trinajstić information content (AvgIpc) is 2.47. The maximum atomic E-state index is 11.9. The lowest BCUT2D eigenvalue weighted by Crippen LogP contribution is -2.48. The predicted molar refractivity (Wildman–Crippen MR) is 83.6 cm³/mol. The van der Waals surface area contributed by atoms with Crippen LogP contribution in [0, 0.1) is 17.3 Å². The summed E-state index contributed by atoms with van der Waals surface area (Å²) in [4.78, 5) is 11.9. The molecule has 2 bridgehead atoms. The number of hydrogen-bond acceptors (Lipinski definition) is 3. The summed E-state index contributed by atoms with van der Waals surface area (Å²) in [5, 5.41) is 0. The largest absolute Gasteiger partial charge is 0.461 e. The van der Waals surface area contributed by atoms with E-state index in [0.717, 1.165) is 17.9 Å². The highest BCUT2D eigenvalue weighted by molar-refractivity contribution is 5.73. The first-order valence-electron chi connectivity index (χ1n) is 7.66. The first-order chi connectivity index (χ1) is 9.96. The molecule has 0 amide bonds. The molecule has 4 rings (SSSR count). The summed E-state index contributed by atoms with van der Waals surface area (Å²) in [5.74, 6) is 1.25. The summed E-state index contributed by atoms with van der Waals surface area (Å²) in [7, 11) is 0. The number of nitrogens with two attached hydrogens (primary N) is 1. The summed E-state index contributed by atoms with van der Waals surface area (Å²) in [6, 6.07) is 7.36. The Morgan fingerprint density at radius 1 is 1.33 bits per heavy atom. The maximum Gasteiger partial charge on any atom is 0.310 e. The van der Waals surface area contributed by atoms with Crippen LogP contribution in [0.2, 0.25) is 0 Å². The van der Waals surface area contributed by atoms with Crippen LogP contribution in [0.25, 0.3) is 0 Å². The molecule has 1 aromatic rings. The Bertz CT molecular complexity index is 571. The molecule has 3 nitrogen and oxygen atoms in total. The monoisotopic (exact) mass is 285 g/mol. The van der Waals surface area contributed by atoms with Gasteiger partial charge >= 0.3 is 5.97 Å². The Labute approximate surface area is 126 Å². The van der Waals surface area contributed by atoms with E-state index in [1.54, 1.807) is 0 Å². The fourth-order valence-corrected chi connectivity index (χ4v) is 3.66. The van der Waals surface area contributed by atoms with E-state index < -0.39 is 0 Å². The van der Waals surface area contributed by atoms with Crippen LogP contribution in [0.1, 0.15) is 32.3 Å². The van der Waals surface area contributed by atoms with Crippen molar-refractivity contribution in [1.29, 1.82) is 0 Å². The lowest BCUT2D eigenvalue weighted by atomic mass is 9.49. The summed E-state index contributed by atoms with van der Waals surface area (Å²) in [5.41, 5.74) is 8.98. The van der Waals surface area contributed by atoms with Crippen LogP contribution in [0.5, 0.6) is 0 Å². The van der Waals surface area contributed by atoms with Crippen molar-refractivity contribution >= 4 is 11.7 Å². The van der Waals surface area contributed by atoms with Gasteiger partial charge in [-0.25, -0.2) is 0 Å². The summed E-state index contributed by atoms with van der Waals surface area (Å²) in [6.07, 6.45) is 4.98. The topological polar surface area (TPSA) is 52.3 Å². The van der Waals surface area contributed by atoms with Crippen molar-refractivity contribution in [3.63, 3.8) is 0 Å². The van der Waals surface area contributed by atoms with Gasteiger partial charge in [0, 0.05) is 5.69 Å². The highest BCUT2D eigenvalue weighted by Gasteiger charge is 2.51. The van der Waals surface area contributed by atoms with Crippen LogP contribution < -0.4 is 5.73 Å². The Kier molecular flexibility index (Phi) is 3.52. The molecular weight excluding hydrogens is 262 g/mol. The van der Waals surface area contributed by atoms with Crippen LogP contribution in [-0.2, 0) is 16.0 Å². The number of carbonyl (C=O) groups is 1. The number of fused-ring (bicyclic) bond motifs is 1. The van der Waals surface area contributed by atoms with E-state index in [2.05, 4.69) is 19.9 Å². The predicted octanol–water partition coefficient (Wildman–Crippen LogP) is 3.35. The molecule has 0 radical (unpaired) electrons. The molecule has 112 valence electrons. The summed E-state index contributed by atoms with van der Waals surface area (Å²) >= 11 is 0. The molecule has 2 N–H and O–H groups in total. The van der Waals surface area contributed by atoms with Gasteiger partial charge in [-0.15, -0.1) is 0 Å². The fourth-order valence-electron chi connectivity index (χ4n) is 3.66. The second-order valence-electron chi connectivity index (χ2n) is 6.90. The van der Waals surface area contributed by atoms with Crippen molar-refractivity contribution in [3.8, 4) is 0 Å². The van der Waals surface area contributed by atoms with E-state index >= 15 is 0 Å². The van der Waals surface area contributed by atoms with Crippen molar-refractivity contribution in [2.24, 2.45) is 17.3 Å². The molecule has 0 heterocycles. The average molecular weight is 285 g/mol. The van der Waals surface area contributed by atoms with Crippen molar-refractivity contribution < 1.29 is 9.53 Å². The molecule has 1 aromatic carbocycles. The zero-order valence-electron chi connectivity index (χ0n) is 12.8. The van der Waals surface area contributed by atoms with Gasteiger partial charge in [0.05, 0.1) is 6.42 Å². The molecule has 0 aromatic heterocycles. The van der Waals surface area contributed by atoms with Gasteiger partial charge in [-0.1, -0.05) is 32.1 Å². The zero-order valence-corrected chi connectivity index (χ0v) is 12.8. The van der Waals surface area contributed by atoms with Gasteiger partial charge in [-0.05, 0) is 53.4 Å². The molecule has 0 spiro atoms. The molecule has 1 saturated carbocycles. The summed E-state index contributed by atoms with van der Waals surface area (Å²) < 4.78 is 5.47. The van der Waals surface area contributed by atoms with Gasteiger partial charge in [0.2, 0.25) is 0 Å². The Hall–Kier alpha value is -1.77. The van der Waals surface area contributed by atoms with Gasteiger partial charge < -0.3 is 10.5 Å². The van der Waals surface area contributed by atoms with Crippen LogP contribution in [-0.4, -0.2) is 12.6 Å². The van der Waals surface area contributed by atoms with Crippen molar-refractivity contribution in [3.05, 3.63) is 41.5 Å². The number of nitrogen functional groups attached to an aromatic ring is 1. The minimum atomic E-state index is -0.167. The van der Waals surface area contributed by atoms with Crippen LogP contribution in [0.15, 0.2) is 35.9 Å². The number of esters is 1. The second-order valence-corrected chi connectivity index (χ2v) is 6.90. The van der Waals surface area contributed by atoms with E-state index in [0.29, 0.717) is 30.0 Å². The standard InChI is InChI=1S/C18H23NO2/c1-18(2)14-6-5-13(16(18)10-14)11-21-17(20)9-12-3-7-15(19)8-4-12/h3-5,7-8,14,16H,6,9-11,19H2,1-2H3. The third-order valence-electron chi connectivity index (χ3n) is 5.31. The third kappa shape index (κ3) is 2.69. The molecule has 2 atom stereocenters. The molecule has 3 aliphatic carbocycles. The number of carbonyl (C=O) groups excluding carboxylic acids is 1. The van der Waals surface area contributed by atoms with Gasteiger partial charge in [0.1, 0.15) is 6.61 Å². The van der Waals surface area contributed by atoms with E-state index in [9.17, 15) is 4.79 Å². The van der Waals surface area contributed by atoms with E-state index in [1.807, 2.05) is 24.3 Å². The molecule has 21 heavy (non-hydrogen) atoms. The second kappa shape index (κ2) is 5.21. The minimum absolute atomic E-state index is 0.167. The van der Waals surface area contributed by atoms with Crippen LogP contribution in [0.4, 0.5) is 5.69 Å². The van der Waals surface area contributed by atoms with Gasteiger partial charge in [0.15, 0.2) is 0 Å². The zero-order chi connectivity index (χ0) is 15.0. The third-order valence-corrected chi connectivity index (χ3v) is 5.31. The molecule has 1 fully saturated rings. The smallest absolute Gasteiger partial charge is 0.310 e. The van der Waals surface area contributed by atoms with Gasteiger partial charge in [-0.2, -0.15) is 0 Å². The van der Waals surface area contributed by atoms with E-state index in [-0.39, 0.29) is 5.97 Å². The van der Waals surface area contributed by atoms with Crippen molar-refractivity contribution in [1.82, 2.24) is 0 Å². The number of ether oxygens (including phenoxy) is 1. The van der Waals surface area contributed by atoms with Gasteiger partial charge in [0.25, 0.3) is 0 Å². The molecule has 3 heteroatoms. The van der Waals surface area contributed by atoms with Crippen molar-refractivity contribution in [2.45, 2.75) is 33.1 Å². The SMILES string of the molecule is CC1(C)C2CC=C(COC(=O)Cc3ccc(N)cc3)C1C2. The quantitative estimate of drug-likeness (QED) is 0.524. The Morgan fingerprint density at radius 2 is 2.05 bits per heavy atom. The van der Waals surface area contributed by atoms with Crippen molar-refractivity contribution in [2.75, 3.05) is 12.3 Å². The molecule has 0 aliphatic heterocycles.